The molecule has 0 bridgehead atoms. The van der Waals surface area contributed by atoms with Gasteiger partial charge in [0, 0.05) is 43.2 Å². The fourth-order valence-electron chi connectivity index (χ4n) is 3.03. The van der Waals surface area contributed by atoms with Crippen molar-refractivity contribution in [1.82, 2.24) is 14.9 Å². The number of aldehydes is 1. The zero-order chi connectivity index (χ0) is 21.8. The fourth-order valence-corrected chi connectivity index (χ4v) is 3.85. The molecular formula is C21H33FN4O2S. The Hall–Kier alpha value is -2.06. The predicted molar refractivity (Wildman–Crippen MR) is 117 cm³/mol. The van der Waals surface area contributed by atoms with Crippen molar-refractivity contribution in [3.63, 3.8) is 0 Å². The molecule has 1 saturated heterocycles. The number of carbonyl (C=O) groups excluding carboxylic acids is 1. The molecule has 1 atom stereocenters. The zero-order valence-corrected chi connectivity index (χ0v) is 19.1. The Morgan fingerprint density at radius 2 is 1.93 bits per heavy atom. The smallest absolute Gasteiger partial charge is 0.230 e. The first kappa shape index (κ1) is 25.0. The Kier molecular flexibility index (Phi) is 11.4. The van der Waals surface area contributed by atoms with Gasteiger partial charge in [0.25, 0.3) is 0 Å². The molecule has 1 N–H and O–H groups in total. The van der Waals surface area contributed by atoms with Crippen LogP contribution < -0.4 is 10.1 Å². The van der Waals surface area contributed by atoms with Crippen LogP contribution in [-0.2, 0) is 11.3 Å². The van der Waals surface area contributed by atoms with Gasteiger partial charge in [-0.05, 0) is 47.1 Å². The molecule has 0 aliphatic carbocycles. The summed E-state index contributed by atoms with van der Waals surface area (Å²) < 4.78 is 18.5. The number of rotatable bonds is 4. The maximum atomic E-state index is 13.5. The van der Waals surface area contributed by atoms with Crippen LogP contribution in [0.25, 0.3) is 0 Å². The van der Waals surface area contributed by atoms with E-state index in [9.17, 15) is 4.39 Å². The third-order valence-electron chi connectivity index (χ3n) is 4.44. The van der Waals surface area contributed by atoms with E-state index in [4.69, 9.17) is 9.53 Å². The van der Waals surface area contributed by atoms with Crippen molar-refractivity contribution in [2.45, 2.75) is 59.5 Å². The van der Waals surface area contributed by atoms with Gasteiger partial charge in [-0.25, -0.2) is 0 Å². The number of nitrogens with one attached hydrogen (secondary N) is 1. The molecule has 1 fully saturated rings. The van der Waals surface area contributed by atoms with Crippen LogP contribution in [0.15, 0.2) is 12.1 Å². The molecule has 0 radical (unpaired) electrons. The number of aryl methyl sites for hydroxylation is 2. The predicted octanol–water partition coefficient (Wildman–Crippen LogP) is 4.61. The molecular weight excluding hydrogens is 391 g/mol. The molecule has 3 heterocycles. The lowest BCUT2D eigenvalue weighted by molar-refractivity contribution is -0.106. The topological polar surface area (TPSA) is 67.4 Å². The third-order valence-corrected chi connectivity index (χ3v) is 5.47. The van der Waals surface area contributed by atoms with Gasteiger partial charge in [-0.1, -0.05) is 17.8 Å². The highest BCUT2D eigenvalue weighted by atomic mass is 32.1. The Labute approximate surface area is 177 Å². The van der Waals surface area contributed by atoms with Crippen LogP contribution >= 0.6 is 11.3 Å². The quantitative estimate of drug-likeness (QED) is 0.723. The van der Waals surface area contributed by atoms with E-state index in [1.54, 1.807) is 14.2 Å². The molecule has 0 saturated carbocycles. The lowest BCUT2D eigenvalue weighted by atomic mass is 10.0. The summed E-state index contributed by atoms with van der Waals surface area (Å²) in [5, 5.41) is 3.55. The SMILES string of the molecule is CC=O.CNc1nc(F)c(CN2CCCCC2C)s1.COc1cc(C)nc(C)c1. The molecule has 0 spiro atoms. The van der Waals surface area contributed by atoms with Crippen molar-refractivity contribution < 1.29 is 13.9 Å². The molecule has 1 unspecified atom stereocenters. The van der Waals surface area contributed by atoms with Gasteiger partial charge < -0.3 is 14.8 Å². The highest BCUT2D eigenvalue weighted by Crippen LogP contribution is 2.26. The number of anilines is 1. The molecule has 0 amide bonds. The summed E-state index contributed by atoms with van der Waals surface area (Å²) in [6.07, 6.45) is 4.49. The second kappa shape index (κ2) is 13.2. The number of carbonyl (C=O) groups is 1. The van der Waals surface area contributed by atoms with Crippen LogP contribution in [-0.4, -0.2) is 47.9 Å². The van der Waals surface area contributed by atoms with E-state index in [1.165, 1.54) is 37.5 Å². The molecule has 6 nitrogen and oxygen atoms in total. The Balaban J connectivity index is 0.000000277. The van der Waals surface area contributed by atoms with Gasteiger partial charge in [0.1, 0.15) is 12.0 Å². The van der Waals surface area contributed by atoms with Crippen molar-refractivity contribution in [3.8, 4) is 5.75 Å². The lowest BCUT2D eigenvalue weighted by Crippen LogP contribution is -2.36. The zero-order valence-electron chi connectivity index (χ0n) is 18.3. The number of piperidine rings is 1. The number of hydrogen-bond donors (Lipinski definition) is 1. The summed E-state index contributed by atoms with van der Waals surface area (Å²) in [4.78, 5) is 19.9. The average Bonchev–Trinajstić information content (AvgIpc) is 3.04. The van der Waals surface area contributed by atoms with Crippen molar-refractivity contribution in [2.75, 3.05) is 26.0 Å². The molecule has 2 aromatic rings. The van der Waals surface area contributed by atoms with E-state index >= 15 is 0 Å². The fraction of sp³-hybridized carbons (Fsp3) is 0.571. The first-order valence-electron chi connectivity index (χ1n) is 9.80. The molecule has 3 rings (SSSR count). The second-order valence-corrected chi connectivity index (χ2v) is 7.91. The second-order valence-electron chi connectivity index (χ2n) is 6.82. The molecule has 8 heteroatoms. The molecule has 1 aliphatic heterocycles. The number of thiazole rings is 1. The van der Waals surface area contributed by atoms with E-state index in [0.717, 1.165) is 34.8 Å². The standard InChI is InChI=1S/C11H18FN3S.C8H11NO.C2H4O/c1-8-5-3-4-6-15(8)7-9-10(12)14-11(13-2)16-9;1-6-4-8(10-3)5-7(2)9-6;1-2-3/h8H,3-7H2,1-2H3,(H,13,14);4-5H,1-3H3;2H,1H3. The summed E-state index contributed by atoms with van der Waals surface area (Å²) >= 11 is 1.42. The van der Waals surface area contributed by atoms with E-state index in [0.29, 0.717) is 17.7 Å². The summed E-state index contributed by atoms with van der Waals surface area (Å²) in [5.41, 5.74) is 1.99. The van der Waals surface area contributed by atoms with Crippen LogP contribution in [0.2, 0.25) is 0 Å². The average molecular weight is 425 g/mol. The maximum absolute atomic E-state index is 13.5. The Bertz CT molecular complexity index is 734. The highest BCUT2D eigenvalue weighted by molar-refractivity contribution is 7.15. The largest absolute Gasteiger partial charge is 0.497 e. The van der Waals surface area contributed by atoms with Gasteiger partial charge in [0.15, 0.2) is 5.13 Å². The minimum absolute atomic E-state index is 0.313. The summed E-state index contributed by atoms with van der Waals surface area (Å²) in [7, 11) is 3.43. The van der Waals surface area contributed by atoms with Gasteiger partial charge in [-0.3, -0.25) is 9.88 Å². The minimum atomic E-state index is -0.313. The van der Waals surface area contributed by atoms with E-state index in [1.807, 2.05) is 26.0 Å². The van der Waals surface area contributed by atoms with Crippen molar-refractivity contribution in [1.29, 1.82) is 0 Å². The van der Waals surface area contributed by atoms with Crippen molar-refractivity contribution in [3.05, 3.63) is 34.3 Å². The lowest BCUT2D eigenvalue weighted by Gasteiger charge is -2.32. The molecule has 0 aromatic carbocycles. The summed E-state index contributed by atoms with van der Waals surface area (Å²) in [6.45, 7) is 9.35. The number of ether oxygens (including phenoxy) is 1. The van der Waals surface area contributed by atoms with E-state index in [2.05, 4.69) is 27.1 Å². The normalized spacial score (nSPS) is 16.0. The van der Waals surface area contributed by atoms with Crippen LogP contribution in [0, 0.1) is 19.8 Å². The number of nitrogens with zero attached hydrogens (tertiary/aromatic N) is 3. The first-order valence-corrected chi connectivity index (χ1v) is 10.6. The van der Waals surface area contributed by atoms with Crippen LogP contribution in [0.3, 0.4) is 0 Å². The number of pyridine rings is 1. The summed E-state index contributed by atoms with van der Waals surface area (Å²) in [6, 6.07) is 4.38. The minimum Gasteiger partial charge on any atom is -0.497 e. The van der Waals surface area contributed by atoms with Crippen molar-refractivity contribution >= 4 is 22.8 Å². The molecule has 1 aliphatic rings. The maximum Gasteiger partial charge on any atom is 0.230 e. The number of likely N-dealkylation sites (tertiary alicyclic amines) is 1. The number of halogens is 1. The van der Waals surface area contributed by atoms with Gasteiger partial charge in [-0.2, -0.15) is 9.37 Å². The van der Waals surface area contributed by atoms with Gasteiger partial charge >= 0.3 is 0 Å². The van der Waals surface area contributed by atoms with Gasteiger partial charge in [-0.15, -0.1) is 0 Å². The van der Waals surface area contributed by atoms with Crippen LogP contribution in [0.1, 0.15) is 49.4 Å². The van der Waals surface area contributed by atoms with Crippen LogP contribution in [0.5, 0.6) is 5.75 Å². The number of hydrogen-bond acceptors (Lipinski definition) is 7. The van der Waals surface area contributed by atoms with Gasteiger partial charge in [0.2, 0.25) is 5.95 Å². The first-order chi connectivity index (χ1) is 13.8. The number of methoxy groups -OCH3 is 1. The van der Waals surface area contributed by atoms with Crippen molar-refractivity contribution in [2.24, 2.45) is 0 Å². The molecule has 29 heavy (non-hydrogen) atoms. The molecule has 162 valence electrons. The Morgan fingerprint density at radius 1 is 1.31 bits per heavy atom. The Morgan fingerprint density at radius 3 is 2.41 bits per heavy atom. The highest BCUT2D eigenvalue weighted by Gasteiger charge is 2.21. The summed E-state index contributed by atoms with van der Waals surface area (Å²) in [5.74, 6) is 0.567. The van der Waals surface area contributed by atoms with Gasteiger partial charge in [0.05, 0.1) is 12.0 Å². The van der Waals surface area contributed by atoms with Crippen LogP contribution in [0.4, 0.5) is 9.52 Å². The third kappa shape index (κ3) is 8.87. The molecule has 2 aromatic heterocycles. The van der Waals surface area contributed by atoms with E-state index in [-0.39, 0.29) is 5.95 Å². The monoisotopic (exact) mass is 424 g/mol. The van der Waals surface area contributed by atoms with E-state index < -0.39 is 0 Å². The number of aromatic nitrogens is 2.